The molecule has 1 aliphatic rings. The Morgan fingerprint density at radius 1 is 1.27 bits per heavy atom. The first kappa shape index (κ1) is 15.0. The average molecular weight is 313 g/mol. The normalized spacial score (nSPS) is 17.4. The van der Waals surface area contributed by atoms with Crippen molar-refractivity contribution >= 4 is 17.3 Å². The van der Waals surface area contributed by atoms with Gasteiger partial charge in [-0.15, -0.1) is 11.3 Å². The Bertz CT molecular complexity index is 648. The number of carbonyl (C=O) groups is 1. The zero-order valence-electron chi connectivity index (χ0n) is 12.4. The number of rotatable bonds is 5. The van der Waals surface area contributed by atoms with Crippen molar-refractivity contribution in [3.63, 3.8) is 0 Å². The van der Waals surface area contributed by atoms with Gasteiger partial charge in [-0.1, -0.05) is 42.5 Å². The van der Waals surface area contributed by atoms with Gasteiger partial charge in [-0.2, -0.15) is 0 Å². The van der Waals surface area contributed by atoms with Crippen molar-refractivity contribution in [1.29, 1.82) is 0 Å². The summed E-state index contributed by atoms with van der Waals surface area (Å²) < 4.78 is 5.40. The maximum Gasteiger partial charge on any atom is 0.357 e. The van der Waals surface area contributed by atoms with Crippen molar-refractivity contribution in [3.05, 3.63) is 64.1 Å². The highest BCUT2D eigenvalue weighted by molar-refractivity contribution is 7.09. The summed E-state index contributed by atoms with van der Waals surface area (Å²) in [6.07, 6.45) is 8.30. The molecule has 0 aliphatic heterocycles. The molecule has 1 aromatic carbocycles. The molecule has 4 heteroatoms. The maximum atomic E-state index is 12.1. The van der Waals surface area contributed by atoms with Crippen molar-refractivity contribution in [2.45, 2.75) is 25.7 Å². The number of benzene rings is 1. The van der Waals surface area contributed by atoms with E-state index in [4.69, 9.17) is 4.74 Å². The second-order valence-corrected chi connectivity index (χ2v) is 6.48. The van der Waals surface area contributed by atoms with Crippen molar-refractivity contribution < 1.29 is 9.53 Å². The molecule has 0 fully saturated rings. The second kappa shape index (κ2) is 7.36. The molecule has 1 aliphatic carbocycles. The van der Waals surface area contributed by atoms with Gasteiger partial charge in [-0.3, -0.25) is 0 Å². The molecule has 0 saturated carbocycles. The van der Waals surface area contributed by atoms with Crippen molar-refractivity contribution in [1.82, 2.24) is 4.98 Å². The molecule has 1 heterocycles. The van der Waals surface area contributed by atoms with Gasteiger partial charge in [0.05, 0.1) is 11.6 Å². The van der Waals surface area contributed by atoms with E-state index < -0.39 is 0 Å². The van der Waals surface area contributed by atoms with Gasteiger partial charge in [0.25, 0.3) is 0 Å². The van der Waals surface area contributed by atoms with E-state index in [1.807, 2.05) is 18.2 Å². The average Bonchev–Trinajstić information content (AvgIpc) is 3.03. The van der Waals surface area contributed by atoms with Crippen molar-refractivity contribution in [3.8, 4) is 0 Å². The highest BCUT2D eigenvalue weighted by atomic mass is 32.1. The number of allylic oxidation sites excluding steroid dienone is 2. The van der Waals surface area contributed by atoms with E-state index in [-0.39, 0.29) is 5.97 Å². The van der Waals surface area contributed by atoms with Crippen LogP contribution in [-0.2, 0) is 11.2 Å². The zero-order valence-corrected chi connectivity index (χ0v) is 13.2. The van der Waals surface area contributed by atoms with E-state index in [0.717, 1.165) is 30.7 Å². The molecule has 3 rings (SSSR count). The highest BCUT2D eigenvalue weighted by Crippen LogP contribution is 2.20. The molecule has 0 N–H and O–H groups in total. The summed E-state index contributed by atoms with van der Waals surface area (Å²) in [5.41, 5.74) is 1.63. The molecule has 0 amide bonds. The summed E-state index contributed by atoms with van der Waals surface area (Å²) in [7, 11) is 0. The third kappa shape index (κ3) is 4.04. The highest BCUT2D eigenvalue weighted by Gasteiger charge is 2.16. The minimum atomic E-state index is -0.301. The molecule has 0 spiro atoms. The molecule has 22 heavy (non-hydrogen) atoms. The standard InChI is InChI=1S/C18H19NO2S/c20-18(21-12-15-9-5-2-6-10-15)16-13-22-17(19-16)11-14-7-3-1-4-8-14/h1-5,7-8,13,15H,6,9-12H2. The van der Waals surface area contributed by atoms with E-state index in [9.17, 15) is 4.79 Å². The molecule has 1 aromatic heterocycles. The fraction of sp³-hybridized carbons (Fsp3) is 0.333. The van der Waals surface area contributed by atoms with Crippen LogP contribution in [0.4, 0.5) is 0 Å². The predicted molar refractivity (Wildman–Crippen MR) is 88.1 cm³/mol. The number of esters is 1. The smallest absolute Gasteiger partial charge is 0.357 e. The van der Waals surface area contributed by atoms with Gasteiger partial charge in [0, 0.05) is 11.8 Å². The molecular formula is C18H19NO2S. The summed E-state index contributed by atoms with van der Waals surface area (Å²) in [6.45, 7) is 0.495. The number of nitrogens with zero attached hydrogens (tertiary/aromatic N) is 1. The monoisotopic (exact) mass is 313 g/mol. The van der Waals surface area contributed by atoms with Crippen molar-refractivity contribution in [2.75, 3.05) is 6.61 Å². The summed E-state index contributed by atoms with van der Waals surface area (Å²) >= 11 is 1.51. The fourth-order valence-electron chi connectivity index (χ4n) is 2.53. The molecule has 2 aromatic rings. The molecule has 0 bridgehead atoms. The van der Waals surface area contributed by atoms with Crippen LogP contribution in [0.5, 0.6) is 0 Å². The van der Waals surface area contributed by atoms with E-state index in [1.54, 1.807) is 5.38 Å². The quantitative estimate of drug-likeness (QED) is 0.612. The van der Waals surface area contributed by atoms with Gasteiger partial charge < -0.3 is 4.74 Å². The molecule has 0 radical (unpaired) electrons. The maximum absolute atomic E-state index is 12.1. The number of carbonyl (C=O) groups excluding carboxylic acids is 1. The van der Waals surface area contributed by atoms with E-state index in [0.29, 0.717) is 18.2 Å². The van der Waals surface area contributed by atoms with Crippen LogP contribution >= 0.6 is 11.3 Å². The first-order valence-corrected chi connectivity index (χ1v) is 8.49. The van der Waals surface area contributed by atoms with Crippen LogP contribution in [0.15, 0.2) is 47.9 Å². The Balaban J connectivity index is 1.54. The molecule has 3 nitrogen and oxygen atoms in total. The SMILES string of the molecule is O=C(OCC1CC=CCC1)c1csc(Cc2ccccc2)n1. The lowest BCUT2D eigenvalue weighted by molar-refractivity contribution is 0.0426. The van der Waals surface area contributed by atoms with Crippen LogP contribution < -0.4 is 0 Å². The zero-order chi connectivity index (χ0) is 15.2. The van der Waals surface area contributed by atoms with Crippen LogP contribution in [0.1, 0.15) is 40.3 Å². The molecular weight excluding hydrogens is 294 g/mol. The summed E-state index contributed by atoms with van der Waals surface area (Å²) in [6, 6.07) is 10.1. The summed E-state index contributed by atoms with van der Waals surface area (Å²) in [4.78, 5) is 16.5. The van der Waals surface area contributed by atoms with Gasteiger partial charge in [0.2, 0.25) is 0 Å². The first-order chi connectivity index (χ1) is 10.8. The Kier molecular flexibility index (Phi) is 5.01. The summed E-state index contributed by atoms with van der Waals surface area (Å²) in [5.74, 6) is 0.154. The van der Waals surface area contributed by atoms with Crippen molar-refractivity contribution in [2.24, 2.45) is 5.92 Å². The molecule has 0 saturated heterocycles. The number of hydrogen-bond donors (Lipinski definition) is 0. The van der Waals surface area contributed by atoms with Gasteiger partial charge in [0.1, 0.15) is 0 Å². The van der Waals surface area contributed by atoms with Crippen LogP contribution in [0, 0.1) is 5.92 Å². The Morgan fingerprint density at radius 2 is 2.14 bits per heavy atom. The minimum Gasteiger partial charge on any atom is -0.461 e. The lowest BCUT2D eigenvalue weighted by Gasteiger charge is -2.16. The minimum absolute atomic E-state index is 0.301. The first-order valence-electron chi connectivity index (χ1n) is 7.62. The second-order valence-electron chi connectivity index (χ2n) is 5.54. The number of thiazole rings is 1. The Morgan fingerprint density at radius 3 is 2.91 bits per heavy atom. The third-order valence-electron chi connectivity index (χ3n) is 3.79. The Labute approximate surface area is 134 Å². The van der Waals surface area contributed by atoms with Gasteiger partial charge in [-0.25, -0.2) is 9.78 Å². The number of ether oxygens (including phenoxy) is 1. The predicted octanol–water partition coefficient (Wildman–Crippen LogP) is 4.25. The summed E-state index contributed by atoms with van der Waals surface area (Å²) in [5, 5.41) is 2.74. The largest absolute Gasteiger partial charge is 0.461 e. The molecule has 1 atom stereocenters. The lowest BCUT2D eigenvalue weighted by Crippen LogP contribution is -2.15. The van der Waals surface area contributed by atoms with Gasteiger partial charge >= 0.3 is 5.97 Å². The molecule has 114 valence electrons. The van der Waals surface area contributed by atoms with Crippen LogP contribution in [0.3, 0.4) is 0 Å². The lowest BCUT2D eigenvalue weighted by atomic mass is 9.95. The van der Waals surface area contributed by atoms with Crippen LogP contribution in [0.25, 0.3) is 0 Å². The van der Waals surface area contributed by atoms with E-state index in [2.05, 4.69) is 29.3 Å². The Hall–Kier alpha value is -1.94. The number of aromatic nitrogens is 1. The van der Waals surface area contributed by atoms with E-state index >= 15 is 0 Å². The van der Waals surface area contributed by atoms with E-state index in [1.165, 1.54) is 16.9 Å². The topological polar surface area (TPSA) is 39.2 Å². The van der Waals surface area contributed by atoms with Gasteiger partial charge in [-0.05, 0) is 30.7 Å². The number of hydrogen-bond acceptors (Lipinski definition) is 4. The fourth-order valence-corrected chi connectivity index (χ4v) is 3.33. The van der Waals surface area contributed by atoms with Gasteiger partial charge in [0.15, 0.2) is 5.69 Å². The van der Waals surface area contributed by atoms with Crippen LogP contribution in [-0.4, -0.2) is 17.6 Å². The molecule has 1 unspecified atom stereocenters. The third-order valence-corrected chi connectivity index (χ3v) is 4.64. The van der Waals surface area contributed by atoms with Crippen LogP contribution in [0.2, 0.25) is 0 Å².